The van der Waals surface area contributed by atoms with Crippen LogP contribution in [0.4, 0.5) is 5.69 Å². The first kappa shape index (κ1) is 23.8. The van der Waals surface area contributed by atoms with Crippen LogP contribution in [0.5, 0.6) is 11.5 Å². The number of carbonyl (C=O) groups excluding carboxylic acids is 1. The molecule has 8 nitrogen and oxygen atoms in total. The van der Waals surface area contributed by atoms with Crippen LogP contribution >= 0.6 is 0 Å². The summed E-state index contributed by atoms with van der Waals surface area (Å²) in [5.74, 6) is 1.07. The van der Waals surface area contributed by atoms with Gasteiger partial charge in [-0.15, -0.1) is 0 Å². The lowest BCUT2D eigenvalue weighted by molar-refractivity contribution is 0.0976. The zero-order valence-corrected chi connectivity index (χ0v) is 19.8. The van der Waals surface area contributed by atoms with Crippen molar-refractivity contribution in [1.29, 1.82) is 0 Å². The summed E-state index contributed by atoms with van der Waals surface area (Å²) in [7, 11) is 3.09. The van der Waals surface area contributed by atoms with Gasteiger partial charge in [0.15, 0.2) is 11.5 Å². The summed E-state index contributed by atoms with van der Waals surface area (Å²) in [5.41, 5.74) is 4.29. The maximum absolute atomic E-state index is 13.0. The lowest BCUT2D eigenvalue weighted by Gasteiger charge is -2.13. The van der Waals surface area contributed by atoms with Crippen molar-refractivity contribution in [2.75, 3.05) is 19.5 Å². The Morgan fingerprint density at radius 1 is 1.09 bits per heavy atom. The van der Waals surface area contributed by atoms with E-state index < -0.39 is 0 Å². The number of carbonyl (C=O) groups is 1. The number of aliphatic imine (C=N–C) groups is 1. The molecular weight excluding hydrogens is 418 g/mol. The third-order valence-corrected chi connectivity index (χ3v) is 5.07. The number of hydrogen-bond donors (Lipinski definition) is 2. The van der Waals surface area contributed by atoms with Gasteiger partial charge in [-0.05, 0) is 56.2 Å². The fourth-order valence-electron chi connectivity index (χ4n) is 3.35. The van der Waals surface area contributed by atoms with Crippen LogP contribution in [-0.2, 0) is 13.1 Å². The van der Waals surface area contributed by atoms with Crippen molar-refractivity contribution in [3.05, 3.63) is 71.0 Å². The van der Waals surface area contributed by atoms with Gasteiger partial charge < -0.3 is 14.8 Å². The second kappa shape index (κ2) is 11.2. The molecule has 0 aliphatic rings. The molecule has 1 aromatic heterocycles. The van der Waals surface area contributed by atoms with Crippen molar-refractivity contribution >= 4 is 17.6 Å². The Labute approximate surface area is 194 Å². The van der Waals surface area contributed by atoms with Crippen molar-refractivity contribution in [2.45, 2.75) is 40.3 Å². The van der Waals surface area contributed by atoms with E-state index in [1.54, 1.807) is 25.3 Å². The highest BCUT2D eigenvalue weighted by Gasteiger charge is 2.14. The Balaban J connectivity index is 1.85. The highest BCUT2D eigenvalue weighted by Crippen LogP contribution is 2.27. The second-order valence-electron chi connectivity index (χ2n) is 7.69. The molecule has 0 atom stereocenters. The van der Waals surface area contributed by atoms with E-state index in [0.717, 1.165) is 35.5 Å². The lowest BCUT2D eigenvalue weighted by atomic mass is 10.2. The van der Waals surface area contributed by atoms with Crippen molar-refractivity contribution in [2.24, 2.45) is 4.99 Å². The summed E-state index contributed by atoms with van der Waals surface area (Å²) >= 11 is 0. The summed E-state index contributed by atoms with van der Waals surface area (Å²) in [6.07, 6.45) is 3.01. The van der Waals surface area contributed by atoms with Crippen LogP contribution in [0.15, 0.2) is 53.7 Å². The van der Waals surface area contributed by atoms with E-state index in [1.165, 1.54) is 7.11 Å². The van der Waals surface area contributed by atoms with Gasteiger partial charge in [-0.3, -0.25) is 14.8 Å². The van der Waals surface area contributed by atoms with Gasteiger partial charge >= 0.3 is 0 Å². The highest BCUT2D eigenvalue weighted by molar-refractivity contribution is 6.10. The first-order valence-electron chi connectivity index (χ1n) is 10.9. The lowest BCUT2D eigenvalue weighted by Crippen LogP contribution is -2.36. The molecule has 33 heavy (non-hydrogen) atoms. The van der Waals surface area contributed by atoms with E-state index >= 15 is 0 Å². The first-order chi connectivity index (χ1) is 15.9. The summed E-state index contributed by atoms with van der Waals surface area (Å²) in [4.78, 5) is 17.7. The van der Waals surface area contributed by atoms with Gasteiger partial charge in [0.1, 0.15) is 0 Å². The van der Waals surface area contributed by atoms with Crippen LogP contribution < -0.4 is 20.1 Å². The van der Waals surface area contributed by atoms with Crippen LogP contribution in [-0.4, -0.2) is 35.9 Å². The number of hydrogen-bond acceptors (Lipinski definition) is 5. The number of rotatable bonds is 8. The van der Waals surface area contributed by atoms with Crippen molar-refractivity contribution in [1.82, 2.24) is 15.1 Å². The molecule has 1 heterocycles. The SMILES string of the molecule is CCCn1cc(CN=C(NC(=O)c2ccc(OC)c(OC)c2)Nc2cccc(C)c2)c(C)n1. The van der Waals surface area contributed by atoms with Crippen LogP contribution in [0, 0.1) is 13.8 Å². The Bertz CT molecular complexity index is 1140. The van der Waals surface area contributed by atoms with E-state index in [-0.39, 0.29) is 5.91 Å². The monoisotopic (exact) mass is 449 g/mol. The number of anilines is 1. The Kier molecular flexibility index (Phi) is 8.07. The number of nitrogens with zero attached hydrogens (tertiary/aromatic N) is 3. The van der Waals surface area contributed by atoms with E-state index in [0.29, 0.717) is 29.6 Å². The highest BCUT2D eigenvalue weighted by atomic mass is 16.5. The van der Waals surface area contributed by atoms with Gasteiger partial charge in [0.2, 0.25) is 5.96 Å². The van der Waals surface area contributed by atoms with Gasteiger partial charge in [-0.2, -0.15) is 5.10 Å². The predicted molar refractivity (Wildman–Crippen MR) is 130 cm³/mol. The van der Waals surface area contributed by atoms with Crippen LogP contribution in [0.1, 0.15) is 40.5 Å². The minimum Gasteiger partial charge on any atom is -0.493 e. The third-order valence-electron chi connectivity index (χ3n) is 5.07. The standard InChI is InChI=1S/C25H31N5O3/c1-6-12-30-16-20(18(3)29-30)15-26-25(27-21-9-7-8-17(2)13-21)28-24(31)19-10-11-22(32-4)23(14-19)33-5/h7-11,13-14,16H,6,12,15H2,1-5H3,(H2,26,27,28,31). The number of guanidine groups is 1. The molecule has 174 valence electrons. The molecule has 0 radical (unpaired) electrons. The molecule has 0 aliphatic heterocycles. The molecule has 3 rings (SSSR count). The number of methoxy groups -OCH3 is 2. The molecule has 0 saturated heterocycles. The van der Waals surface area contributed by atoms with Gasteiger partial charge in [-0.25, -0.2) is 4.99 Å². The Hall–Kier alpha value is -3.81. The van der Waals surface area contributed by atoms with Gasteiger partial charge in [0.25, 0.3) is 5.91 Å². The summed E-state index contributed by atoms with van der Waals surface area (Å²) in [6, 6.07) is 12.9. The van der Waals surface area contributed by atoms with Crippen LogP contribution in [0.25, 0.3) is 0 Å². The maximum atomic E-state index is 13.0. The topological polar surface area (TPSA) is 89.8 Å². The fourth-order valence-corrected chi connectivity index (χ4v) is 3.35. The van der Waals surface area contributed by atoms with Gasteiger partial charge in [-0.1, -0.05) is 19.1 Å². The average molecular weight is 450 g/mol. The van der Waals surface area contributed by atoms with E-state index in [2.05, 4.69) is 27.6 Å². The first-order valence-corrected chi connectivity index (χ1v) is 10.9. The average Bonchev–Trinajstić information content (AvgIpc) is 3.16. The second-order valence-corrected chi connectivity index (χ2v) is 7.69. The predicted octanol–water partition coefficient (Wildman–Crippen LogP) is 4.33. The zero-order chi connectivity index (χ0) is 23.8. The molecule has 3 aromatic rings. The van der Waals surface area contributed by atoms with Crippen LogP contribution in [0.3, 0.4) is 0 Å². The number of aromatic nitrogens is 2. The normalized spacial score (nSPS) is 11.2. The molecule has 2 N–H and O–H groups in total. The molecule has 0 aliphatic carbocycles. The number of amides is 1. The molecule has 0 fully saturated rings. The van der Waals surface area contributed by atoms with Crippen molar-refractivity contribution < 1.29 is 14.3 Å². The van der Waals surface area contributed by atoms with Gasteiger partial charge in [0.05, 0.1) is 26.5 Å². The number of aryl methyl sites for hydroxylation is 3. The quantitative estimate of drug-likeness (QED) is 0.395. The smallest absolute Gasteiger partial charge is 0.258 e. The van der Waals surface area contributed by atoms with E-state index in [1.807, 2.05) is 49.0 Å². The fraction of sp³-hybridized carbons (Fsp3) is 0.320. The largest absolute Gasteiger partial charge is 0.493 e. The third kappa shape index (κ3) is 6.35. The molecule has 2 aromatic carbocycles. The summed E-state index contributed by atoms with van der Waals surface area (Å²) in [6.45, 7) is 7.33. The number of benzene rings is 2. The van der Waals surface area contributed by atoms with Crippen molar-refractivity contribution in [3.63, 3.8) is 0 Å². The Morgan fingerprint density at radius 3 is 2.58 bits per heavy atom. The molecule has 0 unspecified atom stereocenters. The summed E-state index contributed by atoms with van der Waals surface area (Å²) in [5, 5.41) is 10.6. The minimum absolute atomic E-state index is 0.312. The molecular formula is C25H31N5O3. The molecule has 8 heteroatoms. The zero-order valence-electron chi connectivity index (χ0n) is 19.8. The van der Waals surface area contributed by atoms with Crippen molar-refractivity contribution in [3.8, 4) is 11.5 Å². The molecule has 1 amide bonds. The summed E-state index contributed by atoms with van der Waals surface area (Å²) < 4.78 is 12.5. The molecule has 0 saturated carbocycles. The number of ether oxygens (including phenoxy) is 2. The van der Waals surface area contributed by atoms with E-state index in [4.69, 9.17) is 9.47 Å². The maximum Gasteiger partial charge on any atom is 0.258 e. The molecule has 0 bridgehead atoms. The van der Waals surface area contributed by atoms with E-state index in [9.17, 15) is 4.79 Å². The Morgan fingerprint density at radius 2 is 1.88 bits per heavy atom. The van der Waals surface area contributed by atoms with Gasteiger partial charge in [0, 0.05) is 29.6 Å². The number of nitrogens with one attached hydrogen (secondary N) is 2. The van der Waals surface area contributed by atoms with Crippen LogP contribution in [0.2, 0.25) is 0 Å². The molecule has 0 spiro atoms. The minimum atomic E-state index is -0.312.